The number of hydrogen-bond donors (Lipinski definition) is 2. The van der Waals surface area contributed by atoms with Crippen molar-refractivity contribution in [2.45, 2.75) is 20.0 Å². The number of piperazine rings is 1. The van der Waals surface area contributed by atoms with E-state index in [1.54, 1.807) is 0 Å². The highest BCUT2D eigenvalue weighted by Crippen LogP contribution is 2.17. The molecule has 146 valence electrons. The number of carbonyl (C=O) groups excluding carboxylic acids is 1. The SMILES string of the molecule is Cc1ccc2[nH]nc(C(=O)NCc3ccc(CN4CCN(C)CC4)cc3)c2c1. The summed E-state index contributed by atoms with van der Waals surface area (Å²) < 4.78 is 0. The molecule has 0 atom stereocenters. The van der Waals surface area contributed by atoms with Crippen LogP contribution in [0.2, 0.25) is 0 Å². The Balaban J connectivity index is 1.34. The summed E-state index contributed by atoms with van der Waals surface area (Å²) in [6.07, 6.45) is 0. The average Bonchev–Trinajstić information content (AvgIpc) is 3.12. The number of likely N-dealkylation sites (N-methyl/N-ethyl adjacent to an activating group) is 1. The molecule has 1 aromatic heterocycles. The van der Waals surface area contributed by atoms with Crippen molar-refractivity contribution in [3.05, 3.63) is 64.8 Å². The Morgan fingerprint density at radius 1 is 1.07 bits per heavy atom. The maximum atomic E-state index is 12.6. The van der Waals surface area contributed by atoms with E-state index in [0.717, 1.165) is 54.8 Å². The van der Waals surface area contributed by atoms with E-state index in [1.807, 2.05) is 25.1 Å². The third-order valence-electron chi connectivity index (χ3n) is 5.41. The highest BCUT2D eigenvalue weighted by molar-refractivity contribution is 6.04. The minimum absolute atomic E-state index is 0.154. The predicted molar refractivity (Wildman–Crippen MR) is 111 cm³/mol. The number of nitrogens with one attached hydrogen (secondary N) is 2. The largest absolute Gasteiger partial charge is 0.347 e. The molecule has 1 fully saturated rings. The Hall–Kier alpha value is -2.70. The van der Waals surface area contributed by atoms with Gasteiger partial charge in [0.15, 0.2) is 5.69 Å². The van der Waals surface area contributed by atoms with Gasteiger partial charge in [-0.15, -0.1) is 0 Å². The van der Waals surface area contributed by atoms with Crippen LogP contribution in [-0.4, -0.2) is 59.1 Å². The van der Waals surface area contributed by atoms with Gasteiger partial charge in [0.2, 0.25) is 0 Å². The van der Waals surface area contributed by atoms with E-state index in [0.29, 0.717) is 12.2 Å². The van der Waals surface area contributed by atoms with E-state index in [-0.39, 0.29) is 5.91 Å². The van der Waals surface area contributed by atoms with Gasteiger partial charge in [-0.1, -0.05) is 35.9 Å². The van der Waals surface area contributed by atoms with Crippen LogP contribution in [0.25, 0.3) is 10.9 Å². The van der Waals surface area contributed by atoms with Crippen LogP contribution in [0.5, 0.6) is 0 Å². The van der Waals surface area contributed by atoms with E-state index in [2.05, 4.69) is 56.6 Å². The lowest BCUT2D eigenvalue weighted by Gasteiger charge is -2.32. The van der Waals surface area contributed by atoms with Crippen LogP contribution in [0.1, 0.15) is 27.2 Å². The van der Waals surface area contributed by atoms with Gasteiger partial charge in [0.05, 0.1) is 5.52 Å². The Labute approximate surface area is 165 Å². The van der Waals surface area contributed by atoms with Crippen LogP contribution in [0.15, 0.2) is 42.5 Å². The Kier molecular flexibility index (Phi) is 5.41. The number of benzene rings is 2. The van der Waals surface area contributed by atoms with E-state index in [4.69, 9.17) is 0 Å². The average molecular weight is 377 g/mol. The molecule has 0 bridgehead atoms. The molecule has 2 aromatic carbocycles. The van der Waals surface area contributed by atoms with Gasteiger partial charge in [0.25, 0.3) is 5.91 Å². The van der Waals surface area contributed by atoms with Crippen LogP contribution in [0.3, 0.4) is 0 Å². The van der Waals surface area contributed by atoms with Gasteiger partial charge in [-0.2, -0.15) is 5.10 Å². The predicted octanol–water partition coefficient (Wildman–Crippen LogP) is 2.55. The molecule has 3 aromatic rings. The monoisotopic (exact) mass is 377 g/mol. The molecule has 0 spiro atoms. The van der Waals surface area contributed by atoms with Gasteiger partial charge in [-0.25, -0.2) is 0 Å². The molecule has 0 saturated carbocycles. The topological polar surface area (TPSA) is 64.3 Å². The summed E-state index contributed by atoms with van der Waals surface area (Å²) in [7, 11) is 2.17. The zero-order valence-electron chi connectivity index (χ0n) is 16.5. The lowest BCUT2D eigenvalue weighted by Crippen LogP contribution is -2.43. The quantitative estimate of drug-likeness (QED) is 0.717. The molecule has 0 radical (unpaired) electrons. The summed E-state index contributed by atoms with van der Waals surface area (Å²) in [4.78, 5) is 17.4. The van der Waals surface area contributed by atoms with Gasteiger partial charge in [0, 0.05) is 44.7 Å². The maximum Gasteiger partial charge on any atom is 0.272 e. The summed E-state index contributed by atoms with van der Waals surface area (Å²) in [5, 5.41) is 11.0. The second-order valence-corrected chi connectivity index (χ2v) is 7.70. The summed E-state index contributed by atoms with van der Waals surface area (Å²) in [6.45, 7) is 7.98. The molecule has 2 heterocycles. The number of amides is 1. The highest BCUT2D eigenvalue weighted by atomic mass is 16.1. The molecule has 1 aliphatic rings. The lowest BCUT2D eigenvalue weighted by atomic mass is 10.1. The van der Waals surface area contributed by atoms with E-state index in [1.165, 1.54) is 5.56 Å². The van der Waals surface area contributed by atoms with Crippen LogP contribution in [0.4, 0.5) is 0 Å². The van der Waals surface area contributed by atoms with Gasteiger partial charge in [0.1, 0.15) is 0 Å². The van der Waals surface area contributed by atoms with Gasteiger partial charge in [-0.3, -0.25) is 14.8 Å². The third-order valence-corrected chi connectivity index (χ3v) is 5.41. The lowest BCUT2D eigenvalue weighted by molar-refractivity contribution is 0.0947. The van der Waals surface area contributed by atoms with Crippen LogP contribution >= 0.6 is 0 Å². The number of aryl methyl sites for hydroxylation is 1. The Bertz CT molecular complexity index is 955. The first kappa shape index (κ1) is 18.7. The summed E-state index contributed by atoms with van der Waals surface area (Å²) in [6, 6.07) is 14.5. The fourth-order valence-electron chi connectivity index (χ4n) is 3.59. The van der Waals surface area contributed by atoms with E-state index >= 15 is 0 Å². The molecule has 0 aliphatic carbocycles. The minimum atomic E-state index is -0.154. The molecular formula is C22H27N5O. The molecule has 2 N–H and O–H groups in total. The fourth-order valence-corrected chi connectivity index (χ4v) is 3.59. The first-order chi connectivity index (χ1) is 13.6. The van der Waals surface area contributed by atoms with Crippen molar-refractivity contribution in [3.63, 3.8) is 0 Å². The molecular weight excluding hydrogens is 350 g/mol. The van der Waals surface area contributed by atoms with E-state index in [9.17, 15) is 4.79 Å². The molecule has 6 nitrogen and oxygen atoms in total. The van der Waals surface area contributed by atoms with Gasteiger partial charge < -0.3 is 10.2 Å². The first-order valence-electron chi connectivity index (χ1n) is 9.80. The van der Waals surface area contributed by atoms with Crippen LogP contribution in [0, 0.1) is 6.92 Å². The van der Waals surface area contributed by atoms with Crippen molar-refractivity contribution in [1.29, 1.82) is 0 Å². The summed E-state index contributed by atoms with van der Waals surface area (Å²) in [5.74, 6) is -0.154. The van der Waals surface area contributed by atoms with Crippen molar-refractivity contribution in [1.82, 2.24) is 25.3 Å². The number of aromatic amines is 1. The second kappa shape index (κ2) is 8.12. The fraction of sp³-hybridized carbons (Fsp3) is 0.364. The van der Waals surface area contributed by atoms with Gasteiger partial charge in [-0.05, 0) is 37.2 Å². The zero-order valence-corrected chi connectivity index (χ0v) is 16.5. The minimum Gasteiger partial charge on any atom is -0.347 e. The number of fused-ring (bicyclic) bond motifs is 1. The van der Waals surface area contributed by atoms with Crippen molar-refractivity contribution in [2.24, 2.45) is 0 Å². The van der Waals surface area contributed by atoms with Crippen LogP contribution < -0.4 is 5.32 Å². The molecule has 28 heavy (non-hydrogen) atoms. The Morgan fingerprint density at radius 2 is 1.79 bits per heavy atom. The number of carbonyl (C=O) groups is 1. The van der Waals surface area contributed by atoms with E-state index < -0.39 is 0 Å². The molecule has 1 amide bonds. The van der Waals surface area contributed by atoms with Crippen molar-refractivity contribution in [2.75, 3.05) is 33.2 Å². The zero-order chi connectivity index (χ0) is 19.5. The van der Waals surface area contributed by atoms with Crippen molar-refractivity contribution < 1.29 is 4.79 Å². The number of aromatic nitrogens is 2. The van der Waals surface area contributed by atoms with Crippen LogP contribution in [-0.2, 0) is 13.1 Å². The first-order valence-corrected chi connectivity index (χ1v) is 9.80. The number of rotatable bonds is 5. The summed E-state index contributed by atoms with van der Waals surface area (Å²) in [5.41, 5.74) is 4.84. The number of H-pyrrole nitrogens is 1. The van der Waals surface area contributed by atoms with Gasteiger partial charge >= 0.3 is 0 Å². The Morgan fingerprint density at radius 3 is 2.54 bits per heavy atom. The normalized spacial score (nSPS) is 15.8. The second-order valence-electron chi connectivity index (χ2n) is 7.70. The number of hydrogen-bond acceptors (Lipinski definition) is 4. The highest BCUT2D eigenvalue weighted by Gasteiger charge is 2.15. The molecule has 6 heteroatoms. The smallest absolute Gasteiger partial charge is 0.272 e. The maximum absolute atomic E-state index is 12.6. The van der Waals surface area contributed by atoms with Crippen molar-refractivity contribution >= 4 is 16.8 Å². The molecule has 1 aliphatic heterocycles. The molecule has 0 unspecified atom stereocenters. The summed E-state index contributed by atoms with van der Waals surface area (Å²) >= 11 is 0. The molecule has 4 rings (SSSR count). The van der Waals surface area contributed by atoms with Crippen molar-refractivity contribution in [3.8, 4) is 0 Å². The number of nitrogens with zero attached hydrogens (tertiary/aromatic N) is 3. The standard InChI is InChI=1S/C22H27N5O/c1-16-3-8-20-19(13-16)21(25-24-20)22(28)23-14-17-4-6-18(7-5-17)15-27-11-9-26(2)10-12-27/h3-8,13H,9-12,14-15H2,1-2H3,(H,23,28)(H,24,25). The molecule has 1 saturated heterocycles. The third kappa shape index (κ3) is 4.24.